The molecule has 1 aliphatic heterocycles. The van der Waals surface area contributed by atoms with Crippen LogP contribution in [0.3, 0.4) is 0 Å². The zero-order valence-electron chi connectivity index (χ0n) is 18.5. The van der Waals surface area contributed by atoms with Crippen LogP contribution in [0.2, 0.25) is 0 Å². The first-order valence-corrected chi connectivity index (χ1v) is 11.0. The molecule has 3 N–H and O–H groups in total. The topological polar surface area (TPSA) is 72.8 Å². The molecular weight excluding hydrogens is 374 g/mol. The van der Waals surface area contributed by atoms with Crippen molar-refractivity contribution in [3.05, 3.63) is 35.4 Å². The van der Waals surface area contributed by atoms with Gasteiger partial charge in [-0.25, -0.2) is 4.99 Å². The minimum absolute atomic E-state index is 0.188. The molecule has 162 valence electrons. The lowest BCUT2D eigenvalue weighted by Crippen LogP contribution is -2.49. The Morgan fingerprint density at radius 2 is 2.10 bits per heavy atom. The van der Waals surface area contributed by atoms with Gasteiger partial charge in [-0.2, -0.15) is 0 Å². The van der Waals surface area contributed by atoms with E-state index in [1.807, 2.05) is 26.1 Å². The number of rotatable bonds is 6. The molecule has 2 fully saturated rings. The first-order chi connectivity index (χ1) is 14.5. The van der Waals surface area contributed by atoms with Crippen LogP contribution in [0, 0.1) is 12.3 Å². The quantitative estimate of drug-likeness (QED) is 0.497. The summed E-state index contributed by atoms with van der Waals surface area (Å²) in [6.07, 6.45) is 11.1. The van der Waals surface area contributed by atoms with Gasteiger partial charge in [-0.1, -0.05) is 12.0 Å². The molecule has 0 spiro atoms. The molecule has 0 bridgehead atoms. The summed E-state index contributed by atoms with van der Waals surface area (Å²) in [7, 11) is 0. The average Bonchev–Trinajstić information content (AvgIpc) is 2.73. The SMILES string of the molecule is C#C/C(=C(\N=C(C)C)NC1CCC(O)CC1)c1ccc(CN2CCNC[C@@H]2C)cn1. The highest BCUT2D eigenvalue weighted by Gasteiger charge is 2.22. The summed E-state index contributed by atoms with van der Waals surface area (Å²) < 4.78 is 0. The number of terminal acetylenes is 1. The van der Waals surface area contributed by atoms with Crippen LogP contribution in [0.25, 0.3) is 5.57 Å². The number of aliphatic hydroxyl groups is 1. The Labute approximate surface area is 180 Å². The van der Waals surface area contributed by atoms with Crippen molar-refractivity contribution in [1.82, 2.24) is 20.5 Å². The molecule has 2 aliphatic rings. The monoisotopic (exact) mass is 409 g/mol. The fraction of sp³-hybridized carbons (Fsp3) is 0.583. The number of aliphatic hydroxyl groups excluding tert-OH is 1. The summed E-state index contributed by atoms with van der Waals surface area (Å²) >= 11 is 0. The van der Waals surface area contributed by atoms with Crippen molar-refractivity contribution in [3.8, 4) is 12.3 Å². The van der Waals surface area contributed by atoms with Crippen molar-refractivity contribution < 1.29 is 5.11 Å². The third kappa shape index (κ3) is 6.15. The van der Waals surface area contributed by atoms with Crippen LogP contribution in [0.1, 0.15) is 57.7 Å². The molecule has 6 nitrogen and oxygen atoms in total. The van der Waals surface area contributed by atoms with Gasteiger partial charge >= 0.3 is 0 Å². The number of nitrogens with one attached hydrogen (secondary N) is 2. The largest absolute Gasteiger partial charge is 0.393 e. The Bertz CT molecular complexity index is 796. The lowest BCUT2D eigenvalue weighted by molar-refractivity contribution is 0.118. The summed E-state index contributed by atoms with van der Waals surface area (Å²) in [5.41, 5.74) is 3.57. The van der Waals surface area contributed by atoms with Crippen molar-refractivity contribution >= 4 is 11.3 Å². The van der Waals surface area contributed by atoms with Gasteiger partial charge in [0.2, 0.25) is 0 Å². The zero-order chi connectivity index (χ0) is 21.5. The number of hydrogen-bond donors (Lipinski definition) is 3. The Morgan fingerprint density at radius 3 is 2.70 bits per heavy atom. The van der Waals surface area contributed by atoms with Gasteiger partial charge in [-0.15, -0.1) is 6.42 Å². The summed E-state index contributed by atoms with van der Waals surface area (Å²) in [5.74, 6) is 3.51. The number of nitrogens with zero attached hydrogens (tertiary/aromatic N) is 3. The van der Waals surface area contributed by atoms with Gasteiger partial charge in [-0.05, 0) is 58.1 Å². The van der Waals surface area contributed by atoms with E-state index in [1.165, 1.54) is 5.56 Å². The van der Waals surface area contributed by atoms with Crippen molar-refractivity contribution in [2.45, 2.75) is 71.2 Å². The smallest absolute Gasteiger partial charge is 0.144 e. The van der Waals surface area contributed by atoms with Gasteiger partial charge in [-0.3, -0.25) is 9.88 Å². The van der Waals surface area contributed by atoms with Crippen LogP contribution < -0.4 is 10.6 Å². The standard InChI is InChI=1S/C24H35N5O/c1-5-22(24(27-17(2)3)28-20-7-9-21(30)10-8-20)23-11-6-19(15-26-23)16-29-13-12-25-14-18(29)4/h1,6,11,15,18,20-21,25,28,30H,7-10,12-14,16H2,2-4H3/b24-22-/t18-,20?,21?/m0/s1. The molecule has 30 heavy (non-hydrogen) atoms. The maximum Gasteiger partial charge on any atom is 0.144 e. The molecule has 3 rings (SSSR count). The van der Waals surface area contributed by atoms with Gasteiger partial charge in [0.15, 0.2) is 0 Å². The van der Waals surface area contributed by atoms with Crippen LogP contribution in [0.15, 0.2) is 29.1 Å². The molecule has 1 aromatic heterocycles. The van der Waals surface area contributed by atoms with Gasteiger partial charge < -0.3 is 15.7 Å². The first-order valence-electron chi connectivity index (χ1n) is 11.0. The minimum Gasteiger partial charge on any atom is -0.393 e. The van der Waals surface area contributed by atoms with Crippen molar-refractivity contribution in [2.24, 2.45) is 4.99 Å². The van der Waals surface area contributed by atoms with E-state index < -0.39 is 0 Å². The van der Waals surface area contributed by atoms with E-state index in [0.29, 0.717) is 17.4 Å². The van der Waals surface area contributed by atoms with E-state index in [-0.39, 0.29) is 12.1 Å². The molecule has 1 aliphatic carbocycles. The van der Waals surface area contributed by atoms with Gasteiger partial charge in [0.1, 0.15) is 5.82 Å². The van der Waals surface area contributed by atoms with Crippen molar-refractivity contribution in [2.75, 3.05) is 19.6 Å². The molecular formula is C24H35N5O. The molecule has 2 heterocycles. The third-order valence-electron chi connectivity index (χ3n) is 5.86. The molecule has 1 atom stereocenters. The van der Waals surface area contributed by atoms with E-state index in [0.717, 1.165) is 63.3 Å². The predicted molar refractivity (Wildman–Crippen MR) is 123 cm³/mol. The van der Waals surface area contributed by atoms with E-state index in [9.17, 15) is 5.11 Å². The number of aliphatic imine (C=N–C) groups is 1. The molecule has 6 heteroatoms. The molecule has 1 aromatic rings. The molecule has 1 saturated carbocycles. The highest BCUT2D eigenvalue weighted by atomic mass is 16.3. The molecule has 0 unspecified atom stereocenters. The van der Waals surface area contributed by atoms with E-state index in [2.05, 4.69) is 44.4 Å². The fourth-order valence-electron chi connectivity index (χ4n) is 4.08. The molecule has 0 amide bonds. The van der Waals surface area contributed by atoms with Gasteiger partial charge in [0.05, 0.1) is 17.4 Å². The van der Waals surface area contributed by atoms with E-state index in [4.69, 9.17) is 6.42 Å². The fourth-order valence-corrected chi connectivity index (χ4v) is 4.08. The highest BCUT2D eigenvalue weighted by Crippen LogP contribution is 2.23. The Hall–Kier alpha value is -2.20. The number of hydrogen-bond acceptors (Lipinski definition) is 6. The second-order valence-corrected chi connectivity index (χ2v) is 8.65. The van der Waals surface area contributed by atoms with Crippen LogP contribution in [0.4, 0.5) is 0 Å². The van der Waals surface area contributed by atoms with E-state index >= 15 is 0 Å². The maximum atomic E-state index is 9.78. The third-order valence-corrected chi connectivity index (χ3v) is 5.86. The Kier molecular flexibility index (Phi) is 8.03. The second-order valence-electron chi connectivity index (χ2n) is 8.65. The van der Waals surface area contributed by atoms with Crippen LogP contribution >= 0.6 is 0 Å². The Morgan fingerprint density at radius 1 is 1.33 bits per heavy atom. The predicted octanol–water partition coefficient (Wildman–Crippen LogP) is 2.55. The summed E-state index contributed by atoms with van der Waals surface area (Å²) in [4.78, 5) is 11.8. The molecule has 1 saturated heterocycles. The summed E-state index contributed by atoms with van der Waals surface area (Å²) in [6, 6.07) is 4.91. The number of piperazine rings is 1. The highest BCUT2D eigenvalue weighted by molar-refractivity contribution is 5.84. The Balaban J connectivity index is 1.78. The number of pyridine rings is 1. The normalized spacial score (nSPS) is 25.8. The van der Waals surface area contributed by atoms with Crippen molar-refractivity contribution in [3.63, 3.8) is 0 Å². The van der Waals surface area contributed by atoms with Crippen LogP contribution in [0.5, 0.6) is 0 Å². The maximum absolute atomic E-state index is 9.78. The summed E-state index contributed by atoms with van der Waals surface area (Å²) in [6.45, 7) is 10.2. The van der Waals surface area contributed by atoms with Crippen LogP contribution in [-0.4, -0.2) is 58.5 Å². The molecule has 0 aromatic carbocycles. The summed E-state index contributed by atoms with van der Waals surface area (Å²) in [5, 5.41) is 16.7. The second kappa shape index (κ2) is 10.7. The first kappa shape index (κ1) is 22.5. The lowest BCUT2D eigenvalue weighted by atomic mass is 9.93. The van der Waals surface area contributed by atoms with Gasteiger partial charge in [0.25, 0.3) is 0 Å². The van der Waals surface area contributed by atoms with E-state index in [1.54, 1.807) is 0 Å². The number of allylic oxidation sites excluding steroid dienone is 1. The van der Waals surface area contributed by atoms with Gasteiger partial charge in [0, 0.05) is 50.2 Å². The molecule has 0 radical (unpaired) electrons. The zero-order valence-corrected chi connectivity index (χ0v) is 18.5. The lowest BCUT2D eigenvalue weighted by Gasteiger charge is -2.33. The minimum atomic E-state index is -0.188. The van der Waals surface area contributed by atoms with Crippen LogP contribution in [-0.2, 0) is 6.54 Å². The van der Waals surface area contributed by atoms with Crippen molar-refractivity contribution in [1.29, 1.82) is 0 Å². The number of aromatic nitrogens is 1. The average molecular weight is 410 g/mol.